The van der Waals surface area contributed by atoms with E-state index in [2.05, 4.69) is 4.98 Å². The molecular weight excluding hydrogens is 296 g/mol. The van der Waals surface area contributed by atoms with Gasteiger partial charge in [-0.05, 0) is 31.9 Å². The van der Waals surface area contributed by atoms with Crippen molar-refractivity contribution in [1.29, 1.82) is 0 Å². The van der Waals surface area contributed by atoms with Gasteiger partial charge in [0.25, 0.3) is 5.56 Å². The molecule has 20 heavy (non-hydrogen) atoms. The minimum Gasteiger partial charge on any atom is -0.297 e. The number of rotatable bonds is 3. The lowest BCUT2D eigenvalue weighted by Gasteiger charge is -2.16. The number of aromatic nitrogens is 2. The smallest absolute Gasteiger partial charge is 0.297 e. The highest BCUT2D eigenvalue weighted by Gasteiger charge is 2.20. The predicted molar refractivity (Wildman–Crippen MR) is 83.3 cm³/mol. The number of halogens is 1. The first-order chi connectivity index (χ1) is 9.32. The van der Waals surface area contributed by atoms with Gasteiger partial charge in [0.2, 0.25) is 0 Å². The minimum atomic E-state index is -0.469. The van der Waals surface area contributed by atoms with Crippen LogP contribution < -0.4 is 11.2 Å². The Kier molecular flexibility index (Phi) is 4.20. The summed E-state index contributed by atoms with van der Waals surface area (Å²) in [5, 5.41) is 0.140. The quantitative estimate of drug-likeness (QED) is 0.884. The van der Waals surface area contributed by atoms with Gasteiger partial charge >= 0.3 is 5.69 Å². The van der Waals surface area contributed by atoms with Crippen LogP contribution in [0.2, 0.25) is 5.15 Å². The van der Waals surface area contributed by atoms with Crippen LogP contribution in [0.15, 0.2) is 21.7 Å². The second kappa shape index (κ2) is 5.58. The van der Waals surface area contributed by atoms with Crippen LogP contribution in [0, 0.1) is 6.92 Å². The molecule has 2 heterocycles. The summed E-state index contributed by atoms with van der Waals surface area (Å²) in [6, 6.07) is 3.62. The Morgan fingerprint density at radius 3 is 2.40 bits per heavy atom. The van der Waals surface area contributed by atoms with Gasteiger partial charge in [-0.15, -0.1) is 11.3 Å². The second-order valence-electron chi connectivity index (χ2n) is 5.11. The van der Waals surface area contributed by atoms with Crippen molar-refractivity contribution < 1.29 is 0 Å². The van der Waals surface area contributed by atoms with Crippen molar-refractivity contribution in [2.45, 2.75) is 39.7 Å². The van der Waals surface area contributed by atoms with E-state index in [9.17, 15) is 9.59 Å². The Morgan fingerprint density at radius 2 is 1.90 bits per heavy atom. The molecule has 4 nitrogen and oxygen atoms in total. The zero-order chi connectivity index (χ0) is 15.0. The highest BCUT2D eigenvalue weighted by Crippen LogP contribution is 2.25. The van der Waals surface area contributed by atoms with Gasteiger partial charge < -0.3 is 0 Å². The average Bonchev–Trinajstić information content (AvgIpc) is 2.74. The lowest BCUT2D eigenvalue weighted by Crippen LogP contribution is -2.39. The van der Waals surface area contributed by atoms with E-state index in [0.29, 0.717) is 5.56 Å². The molecule has 2 rings (SSSR count). The van der Waals surface area contributed by atoms with Gasteiger partial charge in [0.15, 0.2) is 0 Å². The Bertz CT molecular complexity index is 742. The summed E-state index contributed by atoms with van der Waals surface area (Å²) in [6.45, 7) is 7.60. The number of H-pyrrole nitrogens is 1. The third-order valence-corrected chi connectivity index (χ3v) is 4.73. The van der Waals surface area contributed by atoms with E-state index >= 15 is 0 Å². The third-order valence-electron chi connectivity index (χ3n) is 3.26. The Balaban J connectivity index is 2.66. The molecule has 2 aromatic heterocycles. The van der Waals surface area contributed by atoms with Gasteiger partial charge in [-0.25, -0.2) is 4.79 Å². The number of nitrogens with zero attached hydrogens (tertiary/aromatic N) is 1. The summed E-state index contributed by atoms with van der Waals surface area (Å²) in [5.41, 5.74) is -0.332. The molecule has 108 valence electrons. The van der Waals surface area contributed by atoms with Gasteiger partial charge in [0, 0.05) is 9.75 Å². The Morgan fingerprint density at radius 1 is 1.25 bits per heavy atom. The molecular formula is C14H17ClN2O2S. The van der Waals surface area contributed by atoms with E-state index in [1.165, 1.54) is 4.57 Å². The number of aryl methyl sites for hydroxylation is 1. The molecule has 0 amide bonds. The van der Waals surface area contributed by atoms with E-state index in [1.54, 1.807) is 11.3 Å². The van der Waals surface area contributed by atoms with Gasteiger partial charge in [-0.1, -0.05) is 25.4 Å². The number of hydrogen-bond acceptors (Lipinski definition) is 3. The zero-order valence-electron chi connectivity index (χ0n) is 11.9. The molecule has 0 aliphatic rings. The fourth-order valence-electron chi connectivity index (χ4n) is 2.19. The molecule has 0 aliphatic heterocycles. The molecule has 0 saturated carbocycles. The Labute approximate surface area is 126 Å². The molecule has 1 atom stereocenters. The van der Waals surface area contributed by atoms with Crippen molar-refractivity contribution in [1.82, 2.24) is 9.55 Å². The molecule has 1 N–H and O–H groups in total. The van der Waals surface area contributed by atoms with Crippen molar-refractivity contribution >= 4 is 22.9 Å². The highest BCUT2D eigenvalue weighted by molar-refractivity contribution is 7.12. The van der Waals surface area contributed by atoms with Crippen molar-refractivity contribution in [2.24, 2.45) is 0 Å². The van der Waals surface area contributed by atoms with Gasteiger partial charge in [-0.2, -0.15) is 0 Å². The monoisotopic (exact) mass is 312 g/mol. The fourth-order valence-corrected chi connectivity index (χ4v) is 3.49. The molecule has 0 aliphatic carbocycles. The van der Waals surface area contributed by atoms with Crippen LogP contribution in [-0.2, 0) is 0 Å². The summed E-state index contributed by atoms with van der Waals surface area (Å²) in [4.78, 5) is 29.3. The largest absolute Gasteiger partial charge is 0.330 e. The van der Waals surface area contributed by atoms with E-state index < -0.39 is 5.69 Å². The second-order valence-corrected chi connectivity index (χ2v) is 6.81. The van der Waals surface area contributed by atoms with Crippen molar-refractivity contribution in [3.63, 3.8) is 0 Å². The average molecular weight is 313 g/mol. The first-order valence-electron chi connectivity index (χ1n) is 6.43. The van der Waals surface area contributed by atoms with E-state index in [0.717, 1.165) is 9.75 Å². The SMILES string of the molecule is Cc1ccc(C(C)n2c(=O)[nH]c(Cl)c(C(C)C)c2=O)s1. The van der Waals surface area contributed by atoms with E-state index in [-0.39, 0.29) is 22.7 Å². The number of nitrogens with one attached hydrogen (secondary N) is 1. The maximum Gasteiger partial charge on any atom is 0.330 e. The molecule has 2 aromatic rings. The lowest BCUT2D eigenvalue weighted by atomic mass is 10.1. The van der Waals surface area contributed by atoms with Crippen molar-refractivity contribution in [2.75, 3.05) is 0 Å². The molecule has 0 fully saturated rings. The topological polar surface area (TPSA) is 54.9 Å². The first kappa shape index (κ1) is 15.1. The standard InChI is InChI=1S/C14H17ClN2O2S/c1-7(2)11-12(15)16-14(19)17(13(11)18)9(4)10-6-5-8(3)20-10/h5-7,9H,1-4H3,(H,16,19). The van der Waals surface area contributed by atoms with Crippen LogP contribution >= 0.6 is 22.9 Å². The lowest BCUT2D eigenvalue weighted by molar-refractivity contribution is 0.574. The fraction of sp³-hybridized carbons (Fsp3) is 0.429. The van der Waals surface area contributed by atoms with Gasteiger partial charge in [0.1, 0.15) is 5.15 Å². The normalized spacial score (nSPS) is 12.9. The third kappa shape index (κ3) is 2.60. The molecule has 0 spiro atoms. The molecule has 6 heteroatoms. The number of aromatic amines is 1. The predicted octanol–water partition coefficient (Wildman–Crippen LogP) is 3.29. The maximum atomic E-state index is 12.5. The maximum absolute atomic E-state index is 12.5. The molecule has 0 radical (unpaired) electrons. The van der Waals surface area contributed by atoms with Crippen LogP contribution in [0.25, 0.3) is 0 Å². The zero-order valence-corrected chi connectivity index (χ0v) is 13.4. The highest BCUT2D eigenvalue weighted by atomic mass is 35.5. The van der Waals surface area contributed by atoms with Gasteiger partial charge in [-0.3, -0.25) is 14.3 Å². The van der Waals surface area contributed by atoms with E-state index in [4.69, 9.17) is 11.6 Å². The van der Waals surface area contributed by atoms with Crippen LogP contribution in [0.1, 0.15) is 48.0 Å². The van der Waals surface area contributed by atoms with Crippen LogP contribution in [0.3, 0.4) is 0 Å². The summed E-state index contributed by atoms with van der Waals surface area (Å²) in [7, 11) is 0. The number of hydrogen-bond donors (Lipinski definition) is 1. The summed E-state index contributed by atoms with van der Waals surface area (Å²) in [6.07, 6.45) is 0. The summed E-state index contributed by atoms with van der Waals surface area (Å²) < 4.78 is 1.24. The van der Waals surface area contributed by atoms with E-state index in [1.807, 2.05) is 39.8 Å². The Hall–Kier alpha value is -1.33. The van der Waals surface area contributed by atoms with Crippen LogP contribution in [0.5, 0.6) is 0 Å². The molecule has 1 unspecified atom stereocenters. The molecule has 0 bridgehead atoms. The molecule has 0 saturated heterocycles. The summed E-state index contributed by atoms with van der Waals surface area (Å²) >= 11 is 7.57. The minimum absolute atomic E-state index is 0.0460. The first-order valence-corrected chi connectivity index (χ1v) is 7.63. The van der Waals surface area contributed by atoms with Gasteiger partial charge in [0.05, 0.1) is 11.6 Å². The summed E-state index contributed by atoms with van der Waals surface area (Å²) in [5.74, 6) is -0.0460. The number of thiophene rings is 1. The van der Waals surface area contributed by atoms with Crippen molar-refractivity contribution in [3.8, 4) is 0 Å². The van der Waals surface area contributed by atoms with Crippen LogP contribution in [0.4, 0.5) is 0 Å². The van der Waals surface area contributed by atoms with Crippen molar-refractivity contribution in [3.05, 3.63) is 53.4 Å². The van der Waals surface area contributed by atoms with Crippen LogP contribution in [-0.4, -0.2) is 9.55 Å². The molecule has 0 aromatic carbocycles.